The van der Waals surface area contributed by atoms with Crippen molar-refractivity contribution in [3.8, 4) is 0 Å². The number of nitrogens with two attached hydrogens (primary N) is 1. The number of nitrogens with one attached hydrogen (secondary N) is 1. The van der Waals surface area contributed by atoms with E-state index in [0.717, 1.165) is 18.7 Å². The Morgan fingerprint density at radius 3 is 3.07 bits per heavy atom. The highest BCUT2D eigenvalue weighted by atomic mass is 15.1. The van der Waals surface area contributed by atoms with Crippen molar-refractivity contribution >= 4 is 17.0 Å². The monoisotopic (exact) mass is 192 g/mol. The zero-order chi connectivity index (χ0) is 9.97. The minimum atomic E-state index is 0.429. The summed E-state index contributed by atoms with van der Waals surface area (Å²) in [4.78, 5) is 12.2. The molecule has 6 nitrogen and oxygen atoms in total. The second kappa shape index (κ2) is 3.59. The first-order valence-electron chi connectivity index (χ1n) is 4.39. The van der Waals surface area contributed by atoms with Crippen molar-refractivity contribution in [1.29, 1.82) is 0 Å². The van der Waals surface area contributed by atoms with Crippen molar-refractivity contribution in [2.24, 2.45) is 0 Å². The largest absolute Gasteiger partial charge is 0.382 e. The molecule has 0 fully saturated rings. The fraction of sp³-hybridized carbons (Fsp3) is 0.375. The molecule has 2 aromatic heterocycles. The molecule has 0 atom stereocenters. The van der Waals surface area contributed by atoms with E-state index in [0.29, 0.717) is 11.3 Å². The Kier molecular flexibility index (Phi) is 2.28. The Balaban J connectivity index is 2.42. The predicted octanol–water partition coefficient (Wildman–Crippen LogP) is -0.372. The van der Waals surface area contributed by atoms with Gasteiger partial charge in [-0.3, -0.25) is 0 Å². The van der Waals surface area contributed by atoms with Crippen LogP contribution < -0.4 is 11.1 Å². The Bertz CT molecular complexity index is 434. The number of aromatic nitrogens is 4. The molecular weight excluding hydrogens is 180 g/mol. The molecule has 2 aromatic rings. The maximum Gasteiger partial charge on any atom is 0.165 e. The van der Waals surface area contributed by atoms with Gasteiger partial charge in [-0.05, 0) is 7.05 Å². The molecule has 0 amide bonds. The Morgan fingerprint density at radius 1 is 1.43 bits per heavy atom. The summed E-state index contributed by atoms with van der Waals surface area (Å²) >= 11 is 0. The smallest absolute Gasteiger partial charge is 0.165 e. The van der Waals surface area contributed by atoms with Gasteiger partial charge < -0.3 is 15.6 Å². The van der Waals surface area contributed by atoms with Crippen LogP contribution in [0.25, 0.3) is 11.2 Å². The van der Waals surface area contributed by atoms with Crippen LogP contribution in [0.5, 0.6) is 0 Å². The van der Waals surface area contributed by atoms with Crippen LogP contribution in [0.3, 0.4) is 0 Å². The van der Waals surface area contributed by atoms with Gasteiger partial charge in [-0.2, -0.15) is 0 Å². The Hall–Kier alpha value is -1.69. The standard InChI is InChI=1S/C8H12N6/c1-10-2-3-14-5-13-6-7(9)11-4-12-8(6)14/h4-5,10H,2-3H2,1H3,(H2,9,11,12). The predicted molar refractivity (Wildman–Crippen MR) is 53.7 cm³/mol. The van der Waals surface area contributed by atoms with E-state index in [1.54, 1.807) is 6.33 Å². The Morgan fingerprint density at radius 2 is 2.29 bits per heavy atom. The molecule has 2 heterocycles. The lowest BCUT2D eigenvalue weighted by Crippen LogP contribution is -2.14. The van der Waals surface area contributed by atoms with Gasteiger partial charge in [0.1, 0.15) is 11.8 Å². The second-order valence-electron chi connectivity index (χ2n) is 2.97. The third-order valence-corrected chi connectivity index (χ3v) is 2.03. The number of likely N-dealkylation sites (N-methyl/N-ethyl adjacent to an activating group) is 1. The van der Waals surface area contributed by atoms with E-state index in [1.807, 2.05) is 11.6 Å². The third-order valence-electron chi connectivity index (χ3n) is 2.03. The normalized spacial score (nSPS) is 10.9. The quantitative estimate of drug-likeness (QED) is 0.693. The molecule has 2 rings (SSSR count). The Labute approximate surface area is 81.2 Å². The van der Waals surface area contributed by atoms with E-state index in [2.05, 4.69) is 20.3 Å². The van der Waals surface area contributed by atoms with Gasteiger partial charge in [-0.1, -0.05) is 0 Å². The molecule has 0 radical (unpaired) electrons. The molecule has 6 heteroatoms. The highest BCUT2D eigenvalue weighted by Crippen LogP contribution is 2.13. The minimum absolute atomic E-state index is 0.429. The molecule has 3 N–H and O–H groups in total. The molecule has 0 aromatic carbocycles. The molecule has 0 aliphatic carbocycles. The van der Waals surface area contributed by atoms with E-state index < -0.39 is 0 Å². The first-order chi connectivity index (χ1) is 6.83. The van der Waals surface area contributed by atoms with Crippen LogP contribution in [-0.2, 0) is 6.54 Å². The lowest BCUT2D eigenvalue weighted by molar-refractivity contribution is 0.654. The van der Waals surface area contributed by atoms with Crippen molar-refractivity contribution in [3.05, 3.63) is 12.7 Å². The summed E-state index contributed by atoms with van der Waals surface area (Å²) < 4.78 is 1.95. The highest BCUT2D eigenvalue weighted by molar-refractivity contribution is 5.80. The third kappa shape index (κ3) is 1.39. The van der Waals surface area contributed by atoms with Gasteiger partial charge in [0.05, 0.1) is 6.33 Å². The first kappa shape index (κ1) is 8.89. The molecule has 14 heavy (non-hydrogen) atoms. The summed E-state index contributed by atoms with van der Waals surface area (Å²) in [6.45, 7) is 1.69. The van der Waals surface area contributed by atoms with E-state index in [1.165, 1.54) is 6.33 Å². The first-order valence-corrected chi connectivity index (χ1v) is 4.39. The highest BCUT2D eigenvalue weighted by Gasteiger charge is 2.06. The maximum atomic E-state index is 5.66. The second-order valence-corrected chi connectivity index (χ2v) is 2.97. The molecule has 0 spiro atoms. The zero-order valence-electron chi connectivity index (χ0n) is 7.94. The van der Waals surface area contributed by atoms with Crippen LogP contribution >= 0.6 is 0 Å². The van der Waals surface area contributed by atoms with Crippen molar-refractivity contribution in [1.82, 2.24) is 24.8 Å². The minimum Gasteiger partial charge on any atom is -0.382 e. The summed E-state index contributed by atoms with van der Waals surface area (Å²) in [7, 11) is 1.91. The van der Waals surface area contributed by atoms with Crippen molar-refractivity contribution in [2.45, 2.75) is 6.54 Å². The van der Waals surface area contributed by atoms with Crippen LogP contribution in [0.15, 0.2) is 12.7 Å². The van der Waals surface area contributed by atoms with Crippen LogP contribution in [-0.4, -0.2) is 33.1 Å². The van der Waals surface area contributed by atoms with Crippen molar-refractivity contribution in [2.75, 3.05) is 19.3 Å². The molecule has 0 saturated carbocycles. The average Bonchev–Trinajstić information content (AvgIpc) is 2.60. The van der Waals surface area contributed by atoms with Gasteiger partial charge >= 0.3 is 0 Å². The molecule has 74 valence electrons. The van der Waals surface area contributed by atoms with Crippen molar-refractivity contribution in [3.63, 3.8) is 0 Å². The number of anilines is 1. The van der Waals surface area contributed by atoms with Gasteiger partial charge in [0, 0.05) is 13.1 Å². The van der Waals surface area contributed by atoms with Gasteiger partial charge in [0.25, 0.3) is 0 Å². The average molecular weight is 192 g/mol. The summed E-state index contributed by atoms with van der Waals surface area (Å²) in [5.41, 5.74) is 7.11. The molecule has 0 unspecified atom stereocenters. The maximum absolute atomic E-state index is 5.66. The molecule has 0 bridgehead atoms. The number of imidazole rings is 1. The summed E-state index contributed by atoms with van der Waals surface area (Å²) in [6.07, 6.45) is 3.18. The number of fused-ring (bicyclic) bond motifs is 1. The number of rotatable bonds is 3. The van der Waals surface area contributed by atoms with Crippen LogP contribution in [0, 0.1) is 0 Å². The summed E-state index contributed by atoms with van der Waals surface area (Å²) in [5, 5.41) is 3.06. The van der Waals surface area contributed by atoms with Gasteiger partial charge in [-0.15, -0.1) is 0 Å². The molecular formula is C8H12N6. The number of hydrogen-bond donors (Lipinski definition) is 2. The van der Waals surface area contributed by atoms with Gasteiger partial charge in [0.15, 0.2) is 11.5 Å². The fourth-order valence-electron chi connectivity index (χ4n) is 1.29. The SMILES string of the molecule is CNCCn1cnc2c(N)ncnc21. The lowest BCUT2D eigenvalue weighted by atomic mass is 10.5. The molecule has 0 aliphatic heterocycles. The van der Waals surface area contributed by atoms with Crippen LogP contribution in [0.2, 0.25) is 0 Å². The number of nitrogens with zero attached hydrogens (tertiary/aromatic N) is 4. The van der Waals surface area contributed by atoms with E-state index in [9.17, 15) is 0 Å². The van der Waals surface area contributed by atoms with Gasteiger partial charge in [-0.25, -0.2) is 15.0 Å². The number of nitrogen functional groups attached to an aromatic ring is 1. The summed E-state index contributed by atoms with van der Waals surface area (Å²) in [5.74, 6) is 0.429. The van der Waals surface area contributed by atoms with E-state index in [-0.39, 0.29) is 0 Å². The van der Waals surface area contributed by atoms with E-state index >= 15 is 0 Å². The van der Waals surface area contributed by atoms with E-state index in [4.69, 9.17) is 5.73 Å². The summed E-state index contributed by atoms with van der Waals surface area (Å²) in [6, 6.07) is 0. The fourth-order valence-corrected chi connectivity index (χ4v) is 1.29. The topological polar surface area (TPSA) is 81.7 Å². The van der Waals surface area contributed by atoms with Crippen molar-refractivity contribution < 1.29 is 0 Å². The zero-order valence-corrected chi connectivity index (χ0v) is 7.94. The van der Waals surface area contributed by atoms with Gasteiger partial charge in [0.2, 0.25) is 0 Å². The number of hydrogen-bond acceptors (Lipinski definition) is 5. The molecule has 0 aliphatic rings. The molecule has 0 saturated heterocycles. The lowest BCUT2D eigenvalue weighted by Gasteiger charge is -2.01. The van der Waals surface area contributed by atoms with Crippen LogP contribution in [0.4, 0.5) is 5.82 Å². The van der Waals surface area contributed by atoms with Crippen LogP contribution in [0.1, 0.15) is 0 Å².